The molecule has 0 radical (unpaired) electrons. The van der Waals surface area contributed by atoms with Gasteiger partial charge in [0.2, 0.25) is 5.43 Å². The van der Waals surface area contributed by atoms with E-state index in [4.69, 9.17) is 16.3 Å². The first-order valence-electron chi connectivity index (χ1n) is 14.0. The minimum atomic E-state index is -0.0769. The van der Waals surface area contributed by atoms with E-state index in [9.17, 15) is 4.79 Å². The lowest BCUT2D eigenvalue weighted by Gasteiger charge is -2.40. The van der Waals surface area contributed by atoms with E-state index >= 15 is 0 Å². The molecule has 0 amide bonds. The Bertz CT molecular complexity index is 1460. The van der Waals surface area contributed by atoms with Gasteiger partial charge in [0.05, 0.1) is 13.2 Å². The quantitative estimate of drug-likeness (QED) is 0.228. The molecule has 5 heteroatoms. The molecular formula is C35H37ClN2O2. The highest BCUT2D eigenvalue weighted by atomic mass is 35.5. The van der Waals surface area contributed by atoms with Gasteiger partial charge in [0.25, 0.3) is 0 Å². The van der Waals surface area contributed by atoms with Crippen molar-refractivity contribution in [2.24, 2.45) is 0 Å². The van der Waals surface area contributed by atoms with E-state index in [0.717, 1.165) is 48.9 Å². The molecular weight excluding hydrogens is 516 g/mol. The molecule has 1 aliphatic heterocycles. The second-order valence-corrected chi connectivity index (χ2v) is 11.3. The first-order valence-corrected chi connectivity index (χ1v) is 14.4. The zero-order valence-corrected chi connectivity index (χ0v) is 24.3. The molecule has 1 aliphatic rings. The van der Waals surface area contributed by atoms with Crippen LogP contribution in [0.2, 0.25) is 5.02 Å². The fraction of sp³-hybridized carbons (Fsp3) is 0.286. The number of methoxy groups -OCH3 is 1. The Morgan fingerprint density at radius 3 is 2.02 bits per heavy atom. The van der Waals surface area contributed by atoms with Crippen molar-refractivity contribution in [1.82, 2.24) is 9.80 Å². The normalized spacial score (nSPS) is 15.2. The van der Waals surface area contributed by atoms with Crippen LogP contribution in [-0.4, -0.2) is 43.1 Å². The van der Waals surface area contributed by atoms with E-state index in [1.165, 1.54) is 16.7 Å². The average molecular weight is 553 g/mol. The summed E-state index contributed by atoms with van der Waals surface area (Å²) in [5.74, 6) is 0.698. The Labute approximate surface area is 242 Å². The van der Waals surface area contributed by atoms with Crippen LogP contribution in [0.15, 0.2) is 102 Å². The van der Waals surface area contributed by atoms with E-state index in [1.807, 2.05) is 30.3 Å². The highest BCUT2D eigenvalue weighted by molar-refractivity contribution is 6.30. The first-order chi connectivity index (χ1) is 19.4. The summed E-state index contributed by atoms with van der Waals surface area (Å²) in [5, 5.41) is 0.762. The molecule has 206 valence electrons. The molecule has 40 heavy (non-hydrogen) atoms. The summed E-state index contributed by atoms with van der Waals surface area (Å²) in [5.41, 5.74) is 6.40. The standard InChI is InChI=1S/C35H37ClN2O2/c1-25(2)30-15-18-32(35(39)33(23-30)40-3)27-11-9-26(10-12-27)24-37-19-21-38(22-20-37)34(28-7-5-4-6-8-28)29-13-16-31(36)17-14-29/h4-18,23,25,34H,19-22,24H2,1-3H3. The SMILES string of the molecule is COc1cc(C(C)C)ccc(-c2ccc(CN3CCN(C(c4ccccc4)c4ccc(Cl)cc4)CC3)cc2)c1=O. The third kappa shape index (κ3) is 6.47. The number of halogens is 1. The number of rotatable bonds is 8. The summed E-state index contributed by atoms with van der Waals surface area (Å²) in [6, 6.07) is 33.4. The summed E-state index contributed by atoms with van der Waals surface area (Å²) >= 11 is 6.19. The van der Waals surface area contributed by atoms with E-state index in [-0.39, 0.29) is 11.5 Å². The van der Waals surface area contributed by atoms with Crippen molar-refractivity contribution < 1.29 is 4.74 Å². The van der Waals surface area contributed by atoms with Crippen LogP contribution >= 0.6 is 11.6 Å². The molecule has 1 saturated heterocycles. The molecule has 1 atom stereocenters. The van der Waals surface area contributed by atoms with Gasteiger partial charge in [0.15, 0.2) is 5.75 Å². The molecule has 0 bridgehead atoms. The largest absolute Gasteiger partial charge is 0.493 e. The van der Waals surface area contributed by atoms with Crippen molar-refractivity contribution in [2.75, 3.05) is 33.3 Å². The summed E-state index contributed by atoms with van der Waals surface area (Å²) < 4.78 is 5.44. The topological polar surface area (TPSA) is 32.8 Å². The lowest BCUT2D eigenvalue weighted by Crippen LogP contribution is -2.47. The third-order valence-corrected chi connectivity index (χ3v) is 8.09. The maximum atomic E-state index is 13.1. The average Bonchev–Trinajstić information content (AvgIpc) is 3.15. The minimum Gasteiger partial charge on any atom is -0.493 e. The van der Waals surface area contributed by atoms with Gasteiger partial charge in [-0.1, -0.05) is 104 Å². The van der Waals surface area contributed by atoms with Gasteiger partial charge in [-0.2, -0.15) is 0 Å². The molecule has 4 aromatic rings. The second-order valence-electron chi connectivity index (χ2n) is 10.8. The monoisotopic (exact) mass is 552 g/mol. The molecule has 0 spiro atoms. The van der Waals surface area contributed by atoms with Crippen molar-refractivity contribution in [3.63, 3.8) is 0 Å². The van der Waals surface area contributed by atoms with Crippen molar-refractivity contribution in [3.05, 3.63) is 135 Å². The van der Waals surface area contributed by atoms with Gasteiger partial charge in [-0.3, -0.25) is 14.6 Å². The van der Waals surface area contributed by atoms with Crippen molar-refractivity contribution in [1.29, 1.82) is 0 Å². The Hall–Kier alpha value is -3.44. The molecule has 0 aliphatic carbocycles. The molecule has 0 saturated carbocycles. The molecule has 4 nitrogen and oxygen atoms in total. The number of benzene rings is 3. The Balaban J connectivity index is 1.27. The molecule has 0 aromatic heterocycles. The van der Waals surface area contributed by atoms with Gasteiger partial charge in [-0.25, -0.2) is 0 Å². The zero-order valence-electron chi connectivity index (χ0n) is 23.5. The van der Waals surface area contributed by atoms with Crippen LogP contribution in [-0.2, 0) is 6.54 Å². The number of ether oxygens (including phenoxy) is 1. The van der Waals surface area contributed by atoms with Crippen LogP contribution in [0.1, 0.15) is 48.1 Å². The van der Waals surface area contributed by atoms with Crippen LogP contribution in [0.5, 0.6) is 5.75 Å². The number of hydrogen-bond donors (Lipinski definition) is 0. The lowest BCUT2D eigenvalue weighted by atomic mass is 9.96. The number of nitrogens with zero attached hydrogens (tertiary/aromatic N) is 2. The van der Waals surface area contributed by atoms with Gasteiger partial charge in [-0.05, 0) is 51.9 Å². The van der Waals surface area contributed by atoms with Crippen LogP contribution in [0.4, 0.5) is 0 Å². The lowest BCUT2D eigenvalue weighted by molar-refractivity contribution is 0.105. The fourth-order valence-corrected chi connectivity index (χ4v) is 5.64. The van der Waals surface area contributed by atoms with E-state index in [2.05, 4.69) is 90.4 Å². The smallest absolute Gasteiger partial charge is 0.228 e. The number of hydrogen-bond acceptors (Lipinski definition) is 4. The fourth-order valence-electron chi connectivity index (χ4n) is 5.51. The Morgan fingerprint density at radius 2 is 1.40 bits per heavy atom. The van der Waals surface area contributed by atoms with Crippen molar-refractivity contribution in [2.45, 2.75) is 32.4 Å². The van der Waals surface area contributed by atoms with Crippen molar-refractivity contribution >= 4 is 11.6 Å². The molecule has 4 aromatic carbocycles. The maximum Gasteiger partial charge on any atom is 0.228 e. The van der Waals surface area contributed by atoms with Gasteiger partial charge in [-0.15, -0.1) is 0 Å². The van der Waals surface area contributed by atoms with Gasteiger partial charge >= 0.3 is 0 Å². The highest BCUT2D eigenvalue weighted by Crippen LogP contribution is 2.31. The van der Waals surface area contributed by atoms with Gasteiger partial charge in [0, 0.05) is 43.3 Å². The third-order valence-electron chi connectivity index (χ3n) is 7.84. The zero-order chi connectivity index (χ0) is 28.1. The van der Waals surface area contributed by atoms with E-state index in [0.29, 0.717) is 17.2 Å². The molecule has 0 N–H and O–H groups in total. The molecule has 1 unspecified atom stereocenters. The first kappa shape index (κ1) is 28.1. The van der Waals surface area contributed by atoms with Crippen LogP contribution in [0, 0.1) is 0 Å². The maximum absolute atomic E-state index is 13.1. The highest BCUT2D eigenvalue weighted by Gasteiger charge is 2.26. The Kier molecular flexibility index (Phi) is 9.01. The van der Waals surface area contributed by atoms with E-state index in [1.54, 1.807) is 7.11 Å². The van der Waals surface area contributed by atoms with Crippen molar-refractivity contribution in [3.8, 4) is 16.9 Å². The molecule has 1 heterocycles. The molecule has 1 fully saturated rings. The van der Waals surface area contributed by atoms with Crippen LogP contribution < -0.4 is 10.2 Å². The minimum absolute atomic E-state index is 0.0769. The van der Waals surface area contributed by atoms with Gasteiger partial charge in [0.1, 0.15) is 0 Å². The van der Waals surface area contributed by atoms with Gasteiger partial charge < -0.3 is 4.74 Å². The molecule has 5 rings (SSSR count). The van der Waals surface area contributed by atoms with E-state index < -0.39 is 0 Å². The summed E-state index contributed by atoms with van der Waals surface area (Å²) in [6.07, 6.45) is 0. The Morgan fingerprint density at radius 1 is 0.775 bits per heavy atom. The predicted octanol–water partition coefficient (Wildman–Crippen LogP) is 7.41. The number of piperazine rings is 1. The van der Waals surface area contributed by atoms with Crippen LogP contribution in [0.25, 0.3) is 11.1 Å². The second kappa shape index (κ2) is 12.8. The van der Waals surface area contributed by atoms with Crippen LogP contribution in [0.3, 0.4) is 0 Å². The predicted molar refractivity (Wildman–Crippen MR) is 165 cm³/mol. The summed E-state index contributed by atoms with van der Waals surface area (Å²) in [7, 11) is 1.56. The summed E-state index contributed by atoms with van der Waals surface area (Å²) in [6.45, 7) is 9.08. The summed E-state index contributed by atoms with van der Waals surface area (Å²) in [4.78, 5) is 18.2.